The van der Waals surface area contributed by atoms with Gasteiger partial charge in [0.15, 0.2) is 12.0 Å². The highest BCUT2D eigenvalue weighted by Crippen LogP contribution is 2.19. The molecule has 0 radical (unpaired) electrons. The van der Waals surface area contributed by atoms with E-state index in [2.05, 4.69) is 6.58 Å². The van der Waals surface area contributed by atoms with Gasteiger partial charge in [0.05, 0.1) is 12.3 Å². The molecule has 0 spiro atoms. The minimum Gasteiger partial charge on any atom is -0.460 e. The van der Waals surface area contributed by atoms with Crippen molar-refractivity contribution in [3.05, 3.63) is 48.0 Å². The van der Waals surface area contributed by atoms with Gasteiger partial charge in [-0.15, -0.1) is 0 Å². The second-order valence-electron chi connectivity index (χ2n) is 2.64. The molecule has 0 aliphatic rings. The van der Waals surface area contributed by atoms with E-state index >= 15 is 0 Å². The van der Waals surface area contributed by atoms with Crippen LogP contribution in [-0.2, 0) is 0 Å². The molecule has 0 amide bonds. The van der Waals surface area contributed by atoms with Crippen molar-refractivity contribution in [3.63, 3.8) is 0 Å². The maximum Gasteiger partial charge on any atom is 0.185 e. The molecule has 0 atom stereocenters. The SMILES string of the molecule is C=CC=Cc1c(C=CC#N)coc1C=O. The Morgan fingerprint density at radius 3 is 2.87 bits per heavy atom. The second kappa shape index (κ2) is 5.40. The monoisotopic (exact) mass is 199 g/mol. The van der Waals surface area contributed by atoms with E-state index in [0.717, 1.165) is 0 Å². The van der Waals surface area contributed by atoms with Crippen molar-refractivity contribution in [1.29, 1.82) is 5.26 Å². The third-order valence-corrected chi connectivity index (χ3v) is 1.73. The predicted octanol–water partition coefficient (Wildman–Crippen LogP) is 2.83. The Kier molecular flexibility index (Phi) is 3.87. The van der Waals surface area contributed by atoms with E-state index in [-0.39, 0.29) is 5.76 Å². The zero-order valence-electron chi connectivity index (χ0n) is 8.01. The number of carbonyl (C=O) groups is 1. The summed E-state index contributed by atoms with van der Waals surface area (Å²) in [5.74, 6) is 0.241. The maximum absolute atomic E-state index is 10.6. The summed E-state index contributed by atoms with van der Waals surface area (Å²) >= 11 is 0. The van der Waals surface area contributed by atoms with Gasteiger partial charge in [0.25, 0.3) is 0 Å². The number of hydrogen-bond donors (Lipinski definition) is 0. The van der Waals surface area contributed by atoms with Crippen molar-refractivity contribution >= 4 is 18.4 Å². The summed E-state index contributed by atoms with van der Waals surface area (Å²) in [6.07, 6.45) is 9.97. The lowest BCUT2D eigenvalue weighted by Gasteiger charge is -1.89. The van der Waals surface area contributed by atoms with E-state index in [1.807, 2.05) is 6.07 Å². The fourth-order valence-corrected chi connectivity index (χ4v) is 1.09. The number of furan rings is 1. The summed E-state index contributed by atoms with van der Waals surface area (Å²) in [5, 5.41) is 8.39. The Hall–Kier alpha value is -2.34. The lowest BCUT2D eigenvalue weighted by Crippen LogP contribution is -1.80. The zero-order chi connectivity index (χ0) is 11.1. The number of rotatable bonds is 4. The van der Waals surface area contributed by atoms with Crippen LogP contribution in [0.25, 0.3) is 12.2 Å². The van der Waals surface area contributed by atoms with Crippen LogP contribution in [-0.4, -0.2) is 6.29 Å². The molecule has 1 aromatic rings. The number of aldehydes is 1. The van der Waals surface area contributed by atoms with E-state index in [4.69, 9.17) is 9.68 Å². The van der Waals surface area contributed by atoms with Gasteiger partial charge >= 0.3 is 0 Å². The standard InChI is InChI=1S/C12H9NO2/c1-2-3-6-11-10(5-4-7-13)9-15-12(11)8-14/h2-6,8-9H,1H2. The molecule has 0 aliphatic carbocycles. The van der Waals surface area contributed by atoms with Crippen LogP contribution in [0.2, 0.25) is 0 Å². The van der Waals surface area contributed by atoms with Crippen LogP contribution in [0.15, 0.2) is 35.5 Å². The Morgan fingerprint density at radius 1 is 1.47 bits per heavy atom. The molecule has 0 unspecified atom stereocenters. The Morgan fingerprint density at radius 2 is 2.27 bits per heavy atom. The first kappa shape index (κ1) is 10.7. The Labute approximate surface area is 87.6 Å². The van der Waals surface area contributed by atoms with Gasteiger partial charge in [-0.2, -0.15) is 5.26 Å². The van der Waals surface area contributed by atoms with Crippen molar-refractivity contribution in [1.82, 2.24) is 0 Å². The minimum absolute atomic E-state index is 0.241. The summed E-state index contributed by atoms with van der Waals surface area (Å²) in [7, 11) is 0. The van der Waals surface area contributed by atoms with Crippen molar-refractivity contribution in [2.75, 3.05) is 0 Å². The molecular weight excluding hydrogens is 190 g/mol. The molecule has 3 nitrogen and oxygen atoms in total. The number of hydrogen-bond acceptors (Lipinski definition) is 3. The first-order valence-corrected chi connectivity index (χ1v) is 4.25. The molecule has 0 aliphatic heterocycles. The molecular formula is C12H9NO2. The van der Waals surface area contributed by atoms with Crippen molar-refractivity contribution in [3.8, 4) is 6.07 Å². The van der Waals surface area contributed by atoms with Crippen molar-refractivity contribution in [2.24, 2.45) is 0 Å². The van der Waals surface area contributed by atoms with Gasteiger partial charge in [-0.1, -0.05) is 24.8 Å². The summed E-state index contributed by atoms with van der Waals surface area (Å²) < 4.78 is 5.02. The van der Waals surface area contributed by atoms with Gasteiger partial charge in [-0.05, 0) is 6.08 Å². The van der Waals surface area contributed by atoms with Crippen LogP contribution in [0, 0.1) is 11.3 Å². The summed E-state index contributed by atoms with van der Waals surface area (Å²) in [5.41, 5.74) is 1.34. The van der Waals surface area contributed by atoms with E-state index < -0.39 is 0 Å². The summed E-state index contributed by atoms with van der Waals surface area (Å²) in [6, 6.07) is 1.87. The predicted molar refractivity (Wildman–Crippen MR) is 58.0 cm³/mol. The molecule has 0 aromatic carbocycles. The van der Waals surface area contributed by atoms with E-state index in [1.165, 1.54) is 12.3 Å². The van der Waals surface area contributed by atoms with Gasteiger partial charge in [0, 0.05) is 17.2 Å². The average molecular weight is 199 g/mol. The second-order valence-corrected chi connectivity index (χ2v) is 2.64. The van der Waals surface area contributed by atoms with Crippen molar-refractivity contribution in [2.45, 2.75) is 0 Å². The highest BCUT2D eigenvalue weighted by Gasteiger charge is 2.07. The van der Waals surface area contributed by atoms with Gasteiger partial charge in [-0.3, -0.25) is 4.79 Å². The molecule has 0 saturated carbocycles. The molecule has 0 N–H and O–H groups in total. The lowest BCUT2D eigenvalue weighted by atomic mass is 10.1. The molecule has 3 heteroatoms. The van der Waals surface area contributed by atoms with Crippen LogP contribution >= 0.6 is 0 Å². The molecule has 74 valence electrons. The van der Waals surface area contributed by atoms with Gasteiger partial charge < -0.3 is 4.42 Å². The molecule has 0 fully saturated rings. The van der Waals surface area contributed by atoms with E-state index in [1.54, 1.807) is 24.3 Å². The van der Waals surface area contributed by atoms with Crippen LogP contribution in [0.4, 0.5) is 0 Å². The normalized spacial score (nSPS) is 10.6. The fourth-order valence-electron chi connectivity index (χ4n) is 1.09. The topological polar surface area (TPSA) is 54.0 Å². The Balaban J connectivity index is 3.17. The first-order valence-electron chi connectivity index (χ1n) is 4.25. The molecule has 1 heterocycles. The van der Waals surface area contributed by atoms with Crippen molar-refractivity contribution < 1.29 is 9.21 Å². The number of carbonyl (C=O) groups excluding carboxylic acids is 1. The van der Waals surface area contributed by atoms with Gasteiger partial charge in [0.2, 0.25) is 0 Å². The van der Waals surface area contributed by atoms with E-state index in [0.29, 0.717) is 17.4 Å². The Bertz CT molecular complexity index is 458. The third-order valence-electron chi connectivity index (χ3n) is 1.73. The third kappa shape index (κ3) is 2.55. The van der Waals surface area contributed by atoms with Gasteiger partial charge in [0.1, 0.15) is 0 Å². The van der Waals surface area contributed by atoms with E-state index in [9.17, 15) is 4.79 Å². The average Bonchev–Trinajstić information content (AvgIpc) is 2.65. The van der Waals surface area contributed by atoms with Gasteiger partial charge in [-0.25, -0.2) is 0 Å². The summed E-state index contributed by atoms with van der Waals surface area (Å²) in [6.45, 7) is 3.53. The van der Waals surface area contributed by atoms with Crippen LogP contribution in [0.1, 0.15) is 21.7 Å². The molecule has 1 rings (SSSR count). The molecule has 15 heavy (non-hydrogen) atoms. The van der Waals surface area contributed by atoms with Crippen LogP contribution < -0.4 is 0 Å². The largest absolute Gasteiger partial charge is 0.460 e. The molecule has 1 aromatic heterocycles. The smallest absolute Gasteiger partial charge is 0.185 e. The first-order chi connectivity index (χ1) is 7.33. The summed E-state index contributed by atoms with van der Waals surface area (Å²) in [4.78, 5) is 10.6. The fraction of sp³-hybridized carbons (Fsp3) is 0. The molecule has 0 bridgehead atoms. The van der Waals surface area contributed by atoms with Crippen LogP contribution in [0.5, 0.6) is 0 Å². The number of nitrogens with zero attached hydrogens (tertiary/aromatic N) is 1. The number of allylic oxidation sites excluding steroid dienone is 3. The molecule has 0 saturated heterocycles. The zero-order valence-corrected chi connectivity index (χ0v) is 8.01. The lowest BCUT2D eigenvalue weighted by molar-refractivity contribution is 0.110. The highest BCUT2D eigenvalue weighted by molar-refractivity contribution is 5.82. The quantitative estimate of drug-likeness (QED) is 0.425. The van der Waals surface area contributed by atoms with Crippen LogP contribution in [0.3, 0.4) is 0 Å². The maximum atomic E-state index is 10.6. The highest BCUT2D eigenvalue weighted by atomic mass is 16.3. The number of nitriles is 1. The minimum atomic E-state index is 0.241.